The zero-order valence-electron chi connectivity index (χ0n) is 18.6. The minimum Gasteiger partial charge on any atom is -0.461 e. The number of hydrogen-bond acceptors (Lipinski definition) is 6. The molecule has 9 heteroatoms. The lowest BCUT2D eigenvalue weighted by molar-refractivity contribution is -0.121. The first-order valence-electron chi connectivity index (χ1n) is 11.1. The predicted molar refractivity (Wildman–Crippen MR) is 126 cm³/mol. The number of anilines is 2. The van der Waals surface area contributed by atoms with Crippen LogP contribution in [-0.2, 0) is 27.8 Å². The van der Waals surface area contributed by atoms with E-state index in [1.807, 2.05) is 20.0 Å². The second-order valence-electron chi connectivity index (χ2n) is 9.01. The molecule has 0 fully saturated rings. The van der Waals surface area contributed by atoms with Crippen LogP contribution >= 0.6 is 11.3 Å². The number of amides is 1. The van der Waals surface area contributed by atoms with Gasteiger partial charge in [-0.15, -0.1) is 11.3 Å². The van der Waals surface area contributed by atoms with Crippen LogP contribution in [0.15, 0.2) is 23.7 Å². The Morgan fingerprint density at radius 3 is 2.97 bits per heavy atom. The number of thiazole rings is 1. The van der Waals surface area contributed by atoms with Crippen molar-refractivity contribution < 1.29 is 14.3 Å². The molecule has 168 valence electrons. The van der Waals surface area contributed by atoms with Gasteiger partial charge in [0.2, 0.25) is 5.91 Å². The third-order valence-corrected chi connectivity index (χ3v) is 7.50. The second kappa shape index (κ2) is 7.02. The minimum absolute atomic E-state index is 0.0596. The lowest BCUT2D eigenvalue weighted by atomic mass is 9.85. The molecule has 3 aromatic heterocycles. The lowest BCUT2D eigenvalue weighted by Gasteiger charge is -2.17. The third-order valence-electron chi connectivity index (χ3n) is 6.67. The fraction of sp³-hybridized carbons (Fsp3) is 0.333. The molecule has 0 bridgehead atoms. The first kappa shape index (κ1) is 20.2. The molecule has 6 rings (SSSR count). The first-order valence-corrected chi connectivity index (χ1v) is 12.0. The molecule has 1 amide bonds. The summed E-state index contributed by atoms with van der Waals surface area (Å²) in [5.41, 5.74) is 6.73. The van der Waals surface area contributed by atoms with E-state index in [4.69, 9.17) is 4.74 Å². The Labute approximate surface area is 194 Å². The molecule has 2 aliphatic rings. The fourth-order valence-electron chi connectivity index (χ4n) is 4.97. The molecule has 1 aliphatic carbocycles. The number of ether oxygens (including phenoxy) is 1. The first-order chi connectivity index (χ1) is 15.9. The average Bonchev–Trinajstić information content (AvgIpc) is 3.53. The normalized spacial score (nSPS) is 16.5. The van der Waals surface area contributed by atoms with Crippen molar-refractivity contribution in [2.45, 2.75) is 45.4 Å². The average molecular weight is 462 g/mol. The smallest absolute Gasteiger partial charge is 0.357 e. The highest BCUT2D eigenvalue weighted by Crippen LogP contribution is 2.49. The van der Waals surface area contributed by atoms with Gasteiger partial charge in [0.15, 0.2) is 10.8 Å². The zero-order valence-corrected chi connectivity index (χ0v) is 19.4. The van der Waals surface area contributed by atoms with Gasteiger partial charge in [0.05, 0.1) is 23.4 Å². The monoisotopic (exact) mass is 461 g/mol. The van der Waals surface area contributed by atoms with Crippen LogP contribution in [0.1, 0.15) is 54.4 Å². The van der Waals surface area contributed by atoms with Crippen LogP contribution in [-0.4, -0.2) is 38.6 Å². The molecule has 8 nitrogen and oxygen atoms in total. The van der Waals surface area contributed by atoms with E-state index in [0.717, 1.165) is 52.8 Å². The Bertz CT molecular complexity index is 1440. The Balaban J connectivity index is 1.52. The van der Waals surface area contributed by atoms with E-state index >= 15 is 0 Å². The number of carbonyl (C=O) groups excluding carboxylic acids is 2. The number of carbonyl (C=O) groups is 2. The highest BCUT2D eigenvalue weighted by atomic mass is 32.1. The maximum absolute atomic E-state index is 13.5. The summed E-state index contributed by atoms with van der Waals surface area (Å²) < 4.78 is 5.07. The standard InChI is InChI=1S/C24H23N5O3S/c1-4-32-21(30)17-11-33-23(27-17)29-18-8-14-13-7-5-6-12-10-25-28-19(12)20(13)26-16(14)9-15(18)24(2,3)22(29)31/h8-11,26H,4-7H2,1-3H3,(H,25,28). The number of benzene rings is 1. The number of H-pyrrole nitrogens is 2. The molecular weight excluding hydrogens is 438 g/mol. The van der Waals surface area contributed by atoms with E-state index in [0.29, 0.717) is 5.13 Å². The molecule has 0 spiro atoms. The number of fused-ring (bicyclic) bond motifs is 6. The van der Waals surface area contributed by atoms with Crippen molar-refractivity contribution in [2.24, 2.45) is 0 Å². The van der Waals surface area contributed by atoms with E-state index in [-0.39, 0.29) is 18.2 Å². The van der Waals surface area contributed by atoms with Crippen molar-refractivity contribution in [1.29, 1.82) is 0 Å². The summed E-state index contributed by atoms with van der Waals surface area (Å²) in [5.74, 6) is -0.539. The van der Waals surface area contributed by atoms with Gasteiger partial charge in [-0.2, -0.15) is 5.10 Å². The van der Waals surface area contributed by atoms with Gasteiger partial charge in [-0.05, 0) is 68.9 Å². The van der Waals surface area contributed by atoms with Gasteiger partial charge < -0.3 is 9.72 Å². The van der Waals surface area contributed by atoms with Crippen molar-refractivity contribution in [3.05, 3.63) is 46.1 Å². The molecule has 1 aliphatic heterocycles. The topological polar surface area (TPSA) is 104 Å². The Kier molecular flexibility index (Phi) is 4.29. The molecule has 2 N–H and O–H groups in total. The van der Waals surface area contributed by atoms with Gasteiger partial charge in [-0.25, -0.2) is 9.78 Å². The summed E-state index contributed by atoms with van der Waals surface area (Å²) in [4.78, 5) is 35.3. The van der Waals surface area contributed by atoms with Gasteiger partial charge in [0.1, 0.15) is 5.69 Å². The summed E-state index contributed by atoms with van der Waals surface area (Å²) in [6, 6.07) is 4.18. The second-order valence-corrected chi connectivity index (χ2v) is 9.84. The number of aryl methyl sites for hydroxylation is 2. The number of hydrogen-bond donors (Lipinski definition) is 2. The summed E-state index contributed by atoms with van der Waals surface area (Å²) in [6.45, 7) is 5.89. The van der Waals surface area contributed by atoms with Crippen molar-refractivity contribution in [3.63, 3.8) is 0 Å². The third kappa shape index (κ3) is 2.81. The van der Waals surface area contributed by atoms with E-state index in [2.05, 4.69) is 32.3 Å². The van der Waals surface area contributed by atoms with E-state index in [1.54, 1.807) is 17.2 Å². The largest absolute Gasteiger partial charge is 0.461 e. The SMILES string of the molecule is CCOC(=O)c1csc(N2C(=O)C(C)(C)c3cc4[nH]c5c(c4cc32)CCCc2c[nH]nc2-5)n1. The summed E-state index contributed by atoms with van der Waals surface area (Å²) in [5, 5.41) is 10.7. The Hall–Kier alpha value is -3.46. The van der Waals surface area contributed by atoms with Crippen molar-refractivity contribution in [3.8, 4) is 11.4 Å². The number of aromatic amines is 2. The van der Waals surface area contributed by atoms with E-state index < -0.39 is 11.4 Å². The zero-order chi connectivity index (χ0) is 22.9. The fourth-order valence-corrected chi connectivity index (χ4v) is 5.77. The van der Waals surface area contributed by atoms with Crippen LogP contribution in [0.4, 0.5) is 10.8 Å². The summed E-state index contributed by atoms with van der Waals surface area (Å²) in [7, 11) is 0. The molecule has 0 radical (unpaired) electrons. The van der Waals surface area contributed by atoms with Gasteiger partial charge in [0, 0.05) is 22.5 Å². The molecule has 33 heavy (non-hydrogen) atoms. The van der Waals surface area contributed by atoms with Gasteiger partial charge in [-0.1, -0.05) is 0 Å². The molecule has 1 aromatic carbocycles. The summed E-state index contributed by atoms with van der Waals surface area (Å²) >= 11 is 1.27. The van der Waals surface area contributed by atoms with Crippen LogP contribution in [0.3, 0.4) is 0 Å². The lowest BCUT2D eigenvalue weighted by Crippen LogP contribution is -2.33. The van der Waals surface area contributed by atoms with Crippen LogP contribution < -0.4 is 4.90 Å². The number of nitrogens with one attached hydrogen (secondary N) is 2. The van der Waals surface area contributed by atoms with Gasteiger partial charge in [-0.3, -0.25) is 14.8 Å². The highest BCUT2D eigenvalue weighted by Gasteiger charge is 2.46. The molecule has 4 heterocycles. The van der Waals surface area contributed by atoms with Crippen molar-refractivity contribution in [2.75, 3.05) is 11.5 Å². The predicted octanol–water partition coefficient (Wildman–Crippen LogP) is 4.64. The Morgan fingerprint density at radius 1 is 1.30 bits per heavy atom. The van der Waals surface area contributed by atoms with Crippen LogP contribution in [0, 0.1) is 0 Å². The molecule has 0 saturated heterocycles. The maximum Gasteiger partial charge on any atom is 0.357 e. The minimum atomic E-state index is -0.723. The molecule has 0 saturated carbocycles. The van der Waals surface area contributed by atoms with Crippen molar-refractivity contribution >= 4 is 44.9 Å². The Morgan fingerprint density at radius 2 is 2.15 bits per heavy atom. The van der Waals surface area contributed by atoms with Crippen LogP contribution in [0.2, 0.25) is 0 Å². The molecular formula is C24H23N5O3S. The maximum atomic E-state index is 13.5. The molecule has 4 aromatic rings. The van der Waals surface area contributed by atoms with Crippen molar-refractivity contribution in [1.82, 2.24) is 20.2 Å². The quantitative estimate of drug-likeness (QED) is 0.433. The number of aromatic nitrogens is 4. The number of esters is 1. The number of rotatable bonds is 3. The molecule has 0 atom stereocenters. The van der Waals surface area contributed by atoms with Crippen LogP contribution in [0.5, 0.6) is 0 Å². The number of nitrogens with zero attached hydrogens (tertiary/aromatic N) is 3. The molecule has 0 unspecified atom stereocenters. The van der Waals surface area contributed by atoms with E-state index in [9.17, 15) is 9.59 Å². The highest BCUT2D eigenvalue weighted by molar-refractivity contribution is 7.14. The van der Waals surface area contributed by atoms with Gasteiger partial charge in [0.25, 0.3) is 0 Å². The summed E-state index contributed by atoms with van der Waals surface area (Å²) in [6.07, 6.45) is 4.93. The van der Waals surface area contributed by atoms with Crippen LogP contribution in [0.25, 0.3) is 22.3 Å². The van der Waals surface area contributed by atoms with E-state index in [1.165, 1.54) is 22.5 Å². The van der Waals surface area contributed by atoms with Gasteiger partial charge >= 0.3 is 5.97 Å².